The van der Waals surface area contributed by atoms with Crippen molar-refractivity contribution in [1.82, 2.24) is 15.6 Å². The van der Waals surface area contributed by atoms with Crippen LogP contribution in [0.2, 0.25) is 0 Å². The van der Waals surface area contributed by atoms with E-state index in [2.05, 4.69) is 28.8 Å². The number of hydrogen-bond donors (Lipinski definition) is 5. The van der Waals surface area contributed by atoms with Crippen molar-refractivity contribution in [2.45, 2.75) is 53.4 Å². The van der Waals surface area contributed by atoms with Gasteiger partial charge in [-0.15, -0.1) is 0 Å². The number of aromatic nitrogens is 1. The molecule has 0 unspecified atom stereocenters. The number of H-pyrrole nitrogens is 1. The molecule has 4 rings (SSSR count). The number of carbonyl (C=O) groups excluding carboxylic acids is 2. The molecule has 2 amide bonds. The Morgan fingerprint density at radius 3 is 1.84 bits per heavy atom. The Hall–Kier alpha value is -5.25. The van der Waals surface area contributed by atoms with Gasteiger partial charge in [0.2, 0.25) is 0 Å². The largest absolute Gasteiger partial charge is 0.481 e. The van der Waals surface area contributed by atoms with Crippen molar-refractivity contribution >= 4 is 41.6 Å². The van der Waals surface area contributed by atoms with Gasteiger partial charge in [-0.25, -0.2) is 4.99 Å². The Bertz CT molecular complexity index is 1720. The second kappa shape index (κ2) is 12.3. The number of hydrogen-bond acceptors (Lipinski definition) is 5. The molecule has 10 nitrogen and oxygen atoms in total. The summed E-state index contributed by atoms with van der Waals surface area (Å²) in [5.41, 5.74) is 9.05. The van der Waals surface area contributed by atoms with Crippen LogP contribution in [0, 0.1) is 6.92 Å². The van der Waals surface area contributed by atoms with E-state index in [1.165, 1.54) is 0 Å². The Kier molecular flexibility index (Phi) is 8.80. The number of aliphatic imine (C=N–C) groups is 1. The standard InChI is InChI=1S/C33H34N4O6/c1-7-20-18(5)32(42)36-26(20)13-24-16(3)22(9-11-30(38)39)28(34-24)15-29-23(10-12-31(40)41)17(4)25(35-29)14-27-21(8-2)19(6)33(43)37-27/h7-8,13-15,34H,1-2,9-12H2,3-6H3,(H,36,42)(H,37,43)(H,38,39)(H,40,41)/b26-13-,27-14-,29-15+. The minimum Gasteiger partial charge on any atom is -0.481 e. The van der Waals surface area contributed by atoms with E-state index in [1.807, 2.05) is 13.8 Å². The molecule has 0 saturated heterocycles. The highest BCUT2D eigenvalue weighted by Gasteiger charge is 2.27. The zero-order valence-electron chi connectivity index (χ0n) is 24.6. The topological polar surface area (TPSA) is 161 Å². The van der Waals surface area contributed by atoms with Crippen LogP contribution in [0.25, 0.3) is 12.2 Å². The molecule has 1 aromatic rings. The lowest BCUT2D eigenvalue weighted by Crippen LogP contribution is -2.16. The highest BCUT2D eigenvalue weighted by atomic mass is 16.4. The second-order valence-electron chi connectivity index (χ2n) is 10.5. The summed E-state index contributed by atoms with van der Waals surface area (Å²) in [5, 5.41) is 24.5. The molecule has 0 atom stereocenters. The van der Waals surface area contributed by atoms with Gasteiger partial charge in [0, 0.05) is 46.5 Å². The van der Waals surface area contributed by atoms with Crippen molar-refractivity contribution in [3.05, 3.63) is 104 Å². The van der Waals surface area contributed by atoms with Crippen molar-refractivity contribution in [3.8, 4) is 0 Å². The lowest BCUT2D eigenvalue weighted by atomic mass is 9.98. The van der Waals surface area contributed by atoms with Gasteiger partial charge in [-0.3, -0.25) is 19.2 Å². The average molecular weight is 583 g/mol. The normalized spacial score (nSPS) is 19.6. The van der Waals surface area contributed by atoms with E-state index >= 15 is 0 Å². The van der Waals surface area contributed by atoms with Gasteiger partial charge in [0.25, 0.3) is 11.8 Å². The van der Waals surface area contributed by atoms with Gasteiger partial charge in [-0.05, 0) is 81.0 Å². The number of allylic oxidation sites excluding steroid dienone is 5. The van der Waals surface area contributed by atoms with Crippen LogP contribution >= 0.6 is 0 Å². The molecule has 1 aromatic heterocycles. The average Bonchev–Trinajstić information content (AvgIpc) is 3.59. The van der Waals surface area contributed by atoms with Gasteiger partial charge in [-0.1, -0.05) is 25.3 Å². The number of amides is 2. The minimum atomic E-state index is -0.950. The fraction of sp³-hybridized carbons (Fsp3) is 0.242. The molecule has 4 heterocycles. The summed E-state index contributed by atoms with van der Waals surface area (Å²) in [6.07, 6.45) is 8.79. The summed E-state index contributed by atoms with van der Waals surface area (Å²) >= 11 is 0. The molecule has 5 N–H and O–H groups in total. The Morgan fingerprint density at radius 2 is 1.30 bits per heavy atom. The molecule has 3 aliphatic heterocycles. The lowest BCUT2D eigenvalue weighted by molar-refractivity contribution is -0.138. The maximum absolute atomic E-state index is 12.3. The Balaban J connectivity index is 1.85. The van der Waals surface area contributed by atoms with Gasteiger partial charge >= 0.3 is 11.9 Å². The van der Waals surface area contributed by atoms with Gasteiger partial charge in [0.05, 0.1) is 22.8 Å². The summed E-state index contributed by atoms with van der Waals surface area (Å²) in [4.78, 5) is 55.7. The van der Waals surface area contributed by atoms with Crippen LogP contribution in [0.5, 0.6) is 0 Å². The van der Waals surface area contributed by atoms with E-state index in [9.17, 15) is 29.4 Å². The Labute approximate surface area is 249 Å². The van der Waals surface area contributed by atoms with Crippen molar-refractivity contribution in [3.63, 3.8) is 0 Å². The highest BCUT2D eigenvalue weighted by Crippen LogP contribution is 2.35. The molecular weight excluding hydrogens is 548 g/mol. The van der Waals surface area contributed by atoms with Gasteiger partial charge < -0.3 is 25.8 Å². The van der Waals surface area contributed by atoms with Gasteiger partial charge in [0.15, 0.2) is 0 Å². The molecule has 0 bridgehead atoms. The number of nitrogens with zero attached hydrogens (tertiary/aromatic N) is 1. The summed E-state index contributed by atoms with van der Waals surface area (Å²) in [6.45, 7) is 14.8. The molecule has 0 spiro atoms. The quantitative estimate of drug-likeness (QED) is 0.252. The van der Waals surface area contributed by atoms with Crippen LogP contribution in [-0.2, 0) is 25.6 Å². The fourth-order valence-corrected chi connectivity index (χ4v) is 5.32. The molecule has 43 heavy (non-hydrogen) atoms. The zero-order chi connectivity index (χ0) is 31.6. The summed E-state index contributed by atoms with van der Waals surface area (Å²) in [5.74, 6) is -2.33. The summed E-state index contributed by atoms with van der Waals surface area (Å²) in [6, 6.07) is 0. The Morgan fingerprint density at radius 1 is 0.767 bits per heavy atom. The van der Waals surface area contributed by atoms with Crippen LogP contribution in [-0.4, -0.2) is 44.7 Å². The number of carbonyl (C=O) groups is 4. The van der Waals surface area contributed by atoms with E-state index < -0.39 is 11.9 Å². The third-order valence-electron chi connectivity index (χ3n) is 7.84. The first-order valence-corrected chi connectivity index (χ1v) is 13.8. The number of aromatic amines is 1. The first-order valence-electron chi connectivity index (χ1n) is 13.8. The third kappa shape index (κ3) is 6.18. The van der Waals surface area contributed by atoms with E-state index in [1.54, 1.807) is 44.2 Å². The number of carboxylic acids is 2. The van der Waals surface area contributed by atoms with Crippen LogP contribution in [0.1, 0.15) is 62.5 Å². The zero-order valence-corrected chi connectivity index (χ0v) is 24.6. The third-order valence-corrected chi connectivity index (χ3v) is 7.84. The summed E-state index contributed by atoms with van der Waals surface area (Å²) in [7, 11) is 0. The maximum atomic E-state index is 12.3. The molecular formula is C33H34N4O6. The SMILES string of the molecule is C=CC1=C(C)C(=O)N/C1=C\C1=NC(=C/c2[nH]c(/C=C3\NC(=O)C(C)=C3C=C)c(C)c2CCC(=O)O)/C(CCC(=O)O)=C1C. The molecule has 0 radical (unpaired) electrons. The molecule has 3 aliphatic rings. The second-order valence-corrected chi connectivity index (χ2v) is 10.5. The number of carboxylic acid groups (broad SMARTS) is 2. The molecule has 10 heteroatoms. The first-order chi connectivity index (χ1) is 20.4. The van der Waals surface area contributed by atoms with Crippen LogP contribution in [0.3, 0.4) is 0 Å². The molecule has 0 aliphatic carbocycles. The molecule has 0 fully saturated rings. The predicted molar refractivity (Wildman–Crippen MR) is 165 cm³/mol. The van der Waals surface area contributed by atoms with E-state index in [0.717, 1.165) is 22.3 Å². The van der Waals surface area contributed by atoms with Gasteiger partial charge in [0.1, 0.15) is 0 Å². The monoisotopic (exact) mass is 582 g/mol. The summed E-state index contributed by atoms with van der Waals surface area (Å²) < 4.78 is 0. The number of rotatable bonds is 11. The van der Waals surface area contributed by atoms with Crippen molar-refractivity contribution < 1.29 is 29.4 Å². The van der Waals surface area contributed by atoms with E-state index in [4.69, 9.17) is 4.99 Å². The molecule has 0 saturated carbocycles. The highest BCUT2D eigenvalue weighted by molar-refractivity contribution is 6.14. The predicted octanol–water partition coefficient (Wildman–Crippen LogP) is 4.81. The van der Waals surface area contributed by atoms with Crippen molar-refractivity contribution in [2.24, 2.45) is 4.99 Å². The van der Waals surface area contributed by atoms with Crippen molar-refractivity contribution in [1.29, 1.82) is 0 Å². The molecule has 0 aromatic carbocycles. The van der Waals surface area contributed by atoms with E-state index in [0.29, 0.717) is 56.5 Å². The van der Waals surface area contributed by atoms with Gasteiger partial charge in [-0.2, -0.15) is 0 Å². The van der Waals surface area contributed by atoms with E-state index in [-0.39, 0.29) is 37.5 Å². The minimum absolute atomic E-state index is 0.102. The van der Waals surface area contributed by atoms with Crippen molar-refractivity contribution in [2.75, 3.05) is 0 Å². The van der Waals surface area contributed by atoms with Crippen LogP contribution in [0.4, 0.5) is 0 Å². The lowest BCUT2D eigenvalue weighted by Gasteiger charge is -2.06. The van der Waals surface area contributed by atoms with Crippen LogP contribution in [0.15, 0.2) is 86.9 Å². The first kappa shape index (κ1) is 30.7. The smallest absolute Gasteiger partial charge is 0.303 e. The number of aliphatic carboxylic acids is 2. The fourth-order valence-electron chi connectivity index (χ4n) is 5.32. The van der Waals surface area contributed by atoms with Crippen LogP contribution < -0.4 is 10.6 Å². The molecule has 222 valence electrons. The maximum Gasteiger partial charge on any atom is 0.303 e. The number of nitrogens with one attached hydrogen (secondary N) is 3.